The van der Waals surface area contributed by atoms with E-state index in [-0.39, 0.29) is 0 Å². The van der Waals surface area contributed by atoms with Crippen LogP contribution in [-0.2, 0) is 6.16 Å². The SMILES string of the molecule is CP(C)(C)(Br)Cc1ccccc1. The summed E-state index contributed by atoms with van der Waals surface area (Å²) in [5.41, 5.74) is 1.43. The van der Waals surface area contributed by atoms with Crippen LogP contribution in [0.4, 0.5) is 0 Å². The monoisotopic (exact) mass is 246 g/mol. The van der Waals surface area contributed by atoms with E-state index in [0.717, 1.165) is 0 Å². The molecule has 0 N–H and O–H groups in total. The van der Waals surface area contributed by atoms with Crippen LogP contribution in [0.3, 0.4) is 0 Å². The molecule has 2 heteroatoms. The zero-order valence-electron chi connectivity index (χ0n) is 7.92. The molecule has 1 aromatic carbocycles. The van der Waals surface area contributed by atoms with Crippen LogP contribution in [0.25, 0.3) is 0 Å². The minimum absolute atomic E-state index is 1.17. The van der Waals surface area contributed by atoms with Gasteiger partial charge in [0.05, 0.1) is 0 Å². The van der Waals surface area contributed by atoms with E-state index in [1.807, 2.05) is 0 Å². The molecule has 0 aliphatic carbocycles. The van der Waals surface area contributed by atoms with Gasteiger partial charge in [0.1, 0.15) is 0 Å². The Bertz CT molecular complexity index is 249. The fourth-order valence-electron chi connectivity index (χ4n) is 1.20. The molecule has 0 nitrogen and oxygen atoms in total. The Morgan fingerprint density at radius 3 is 2.00 bits per heavy atom. The average molecular weight is 247 g/mol. The van der Waals surface area contributed by atoms with Gasteiger partial charge in [0.25, 0.3) is 0 Å². The van der Waals surface area contributed by atoms with Crippen LogP contribution in [0.2, 0.25) is 0 Å². The molecule has 1 aromatic rings. The summed E-state index contributed by atoms with van der Waals surface area (Å²) in [6, 6.07) is 10.7. The molecule has 0 spiro atoms. The van der Waals surface area contributed by atoms with Crippen molar-refractivity contribution in [2.45, 2.75) is 6.16 Å². The quantitative estimate of drug-likeness (QED) is 0.694. The van der Waals surface area contributed by atoms with Crippen LogP contribution in [-0.4, -0.2) is 20.0 Å². The molecule has 0 fully saturated rings. The molecule has 68 valence electrons. The summed E-state index contributed by atoms with van der Waals surface area (Å²) in [6.45, 7) is 7.00. The fourth-order valence-corrected chi connectivity index (χ4v) is 3.51. The zero-order chi connectivity index (χ0) is 9.27. The van der Waals surface area contributed by atoms with Gasteiger partial charge in [-0.05, 0) is 0 Å². The van der Waals surface area contributed by atoms with E-state index in [1.54, 1.807) is 0 Å². The van der Waals surface area contributed by atoms with Crippen molar-refractivity contribution >= 4 is 20.8 Å². The van der Waals surface area contributed by atoms with Crippen LogP contribution in [0.1, 0.15) is 5.56 Å². The summed E-state index contributed by atoms with van der Waals surface area (Å²) >= 11 is 3.85. The van der Waals surface area contributed by atoms with Crippen LogP contribution < -0.4 is 0 Å². The first-order chi connectivity index (χ1) is 5.33. The first kappa shape index (κ1) is 10.2. The summed E-state index contributed by atoms with van der Waals surface area (Å²) in [4.78, 5) is 0. The molecule has 0 aliphatic rings. The third kappa shape index (κ3) is 4.23. The Balaban J connectivity index is 2.79. The minimum atomic E-state index is -1.54. The van der Waals surface area contributed by atoms with Crippen molar-refractivity contribution in [3.05, 3.63) is 35.9 Å². The van der Waals surface area contributed by atoms with Crippen molar-refractivity contribution in [3.63, 3.8) is 0 Å². The standard InChI is InChI=1S/C10H16BrP/c1-12(2,3,11)9-10-7-5-4-6-8-10/h4-8H,9H2,1-3H3. The van der Waals surface area contributed by atoms with Gasteiger partial charge in [0.15, 0.2) is 0 Å². The van der Waals surface area contributed by atoms with Gasteiger partial charge in [0, 0.05) is 0 Å². The van der Waals surface area contributed by atoms with Gasteiger partial charge in [0.2, 0.25) is 0 Å². The molecule has 0 atom stereocenters. The Hall–Kier alpha value is 0.130. The first-order valence-electron chi connectivity index (χ1n) is 4.09. The third-order valence-corrected chi connectivity index (χ3v) is 3.75. The number of halogens is 1. The molecule has 0 aliphatic heterocycles. The number of benzene rings is 1. The van der Waals surface area contributed by atoms with Crippen LogP contribution in [0.15, 0.2) is 30.3 Å². The first-order valence-corrected chi connectivity index (χ1v) is 9.87. The van der Waals surface area contributed by atoms with E-state index in [4.69, 9.17) is 0 Å². The van der Waals surface area contributed by atoms with Crippen molar-refractivity contribution in [2.24, 2.45) is 0 Å². The molecule has 12 heavy (non-hydrogen) atoms. The second kappa shape index (κ2) is 3.12. The molecular formula is C10H16BrP. The molecule has 0 aromatic heterocycles. The van der Waals surface area contributed by atoms with Gasteiger partial charge in [-0.1, -0.05) is 0 Å². The van der Waals surface area contributed by atoms with Crippen LogP contribution in [0, 0.1) is 0 Å². The van der Waals surface area contributed by atoms with Gasteiger partial charge < -0.3 is 0 Å². The molecule has 0 saturated carbocycles. The van der Waals surface area contributed by atoms with E-state index in [9.17, 15) is 0 Å². The van der Waals surface area contributed by atoms with E-state index >= 15 is 0 Å². The maximum absolute atomic E-state index is 3.85. The van der Waals surface area contributed by atoms with Gasteiger partial charge >= 0.3 is 82.8 Å². The second-order valence-electron chi connectivity index (χ2n) is 4.56. The summed E-state index contributed by atoms with van der Waals surface area (Å²) < 4.78 is 0. The van der Waals surface area contributed by atoms with E-state index in [1.165, 1.54) is 11.7 Å². The molecule has 1 rings (SSSR count). The van der Waals surface area contributed by atoms with Crippen molar-refractivity contribution < 1.29 is 0 Å². The van der Waals surface area contributed by atoms with Gasteiger partial charge in [-0.15, -0.1) is 0 Å². The molecule has 0 heterocycles. The molecule has 0 unspecified atom stereocenters. The Morgan fingerprint density at radius 1 is 1.08 bits per heavy atom. The molecule has 0 amide bonds. The van der Waals surface area contributed by atoms with Crippen LogP contribution >= 0.6 is 20.8 Å². The van der Waals surface area contributed by atoms with Crippen LogP contribution in [0.5, 0.6) is 0 Å². The number of hydrogen-bond acceptors (Lipinski definition) is 0. The van der Waals surface area contributed by atoms with E-state index in [2.05, 4.69) is 65.8 Å². The Labute approximate surface area is 83.0 Å². The van der Waals surface area contributed by atoms with Crippen molar-refractivity contribution in [1.29, 1.82) is 0 Å². The topological polar surface area (TPSA) is 0 Å². The number of hydrogen-bond donors (Lipinski definition) is 0. The summed E-state index contributed by atoms with van der Waals surface area (Å²) in [5.74, 6) is 0. The van der Waals surface area contributed by atoms with Gasteiger partial charge in [-0.3, -0.25) is 0 Å². The predicted octanol–water partition coefficient (Wildman–Crippen LogP) is 3.94. The summed E-state index contributed by atoms with van der Waals surface area (Å²) in [7, 11) is 0. The summed E-state index contributed by atoms with van der Waals surface area (Å²) in [5, 5.41) is -1.54. The number of rotatable bonds is 2. The van der Waals surface area contributed by atoms with Crippen molar-refractivity contribution in [1.82, 2.24) is 0 Å². The molecular weight excluding hydrogens is 231 g/mol. The molecule has 0 bridgehead atoms. The zero-order valence-corrected chi connectivity index (χ0v) is 10.4. The predicted molar refractivity (Wildman–Crippen MR) is 63.8 cm³/mol. The van der Waals surface area contributed by atoms with Crippen molar-refractivity contribution in [2.75, 3.05) is 20.0 Å². The maximum atomic E-state index is 3.85. The molecule has 0 radical (unpaired) electrons. The fraction of sp³-hybridized carbons (Fsp3) is 0.400. The molecule has 0 saturated heterocycles. The normalized spacial score (nSPS) is 15.2. The van der Waals surface area contributed by atoms with Gasteiger partial charge in [-0.2, -0.15) is 0 Å². The second-order valence-corrected chi connectivity index (χ2v) is 18.6. The Kier molecular flexibility index (Phi) is 2.66. The van der Waals surface area contributed by atoms with E-state index < -0.39 is 5.31 Å². The Morgan fingerprint density at radius 2 is 1.58 bits per heavy atom. The van der Waals surface area contributed by atoms with E-state index in [0.29, 0.717) is 0 Å². The third-order valence-electron chi connectivity index (χ3n) is 1.56. The van der Waals surface area contributed by atoms with Crippen molar-refractivity contribution in [3.8, 4) is 0 Å². The summed E-state index contributed by atoms with van der Waals surface area (Å²) in [6.07, 6.45) is 1.17. The van der Waals surface area contributed by atoms with Gasteiger partial charge in [-0.25, -0.2) is 0 Å². The average Bonchev–Trinajstić information content (AvgIpc) is 1.83.